The van der Waals surface area contributed by atoms with Crippen LogP contribution in [-0.2, 0) is 9.59 Å². The number of carbonyl (C=O) groups is 2. The van der Waals surface area contributed by atoms with Crippen LogP contribution in [0.15, 0.2) is 59.7 Å². The Morgan fingerprint density at radius 3 is 2.12 bits per heavy atom. The van der Waals surface area contributed by atoms with Gasteiger partial charge in [-0.2, -0.15) is 35.8 Å². The van der Waals surface area contributed by atoms with E-state index in [1.165, 1.54) is 36.5 Å². The first-order chi connectivity index (χ1) is 15.2. The van der Waals surface area contributed by atoms with Gasteiger partial charge in [-0.25, -0.2) is 5.43 Å². The molecular formula is C20H16F7N3O3. The van der Waals surface area contributed by atoms with Crippen molar-refractivity contribution < 1.29 is 45.4 Å². The van der Waals surface area contributed by atoms with Gasteiger partial charge in [0.25, 0.3) is 5.91 Å². The van der Waals surface area contributed by atoms with Crippen LogP contribution in [0.3, 0.4) is 0 Å². The number of rotatable bonds is 7. The molecule has 0 fully saturated rings. The van der Waals surface area contributed by atoms with Gasteiger partial charge in [-0.3, -0.25) is 9.59 Å². The zero-order chi connectivity index (χ0) is 25.0. The molecule has 2 aromatic carbocycles. The normalized spacial score (nSPS) is 13.9. The van der Waals surface area contributed by atoms with Gasteiger partial charge in [-0.1, -0.05) is 42.5 Å². The Balaban J connectivity index is 2.13. The van der Waals surface area contributed by atoms with Gasteiger partial charge in [0, 0.05) is 5.69 Å². The van der Waals surface area contributed by atoms with Gasteiger partial charge in [-0.15, -0.1) is 0 Å². The number of aliphatic hydroxyl groups is 1. The Labute approximate surface area is 182 Å². The predicted octanol–water partition coefficient (Wildman–Crippen LogP) is 4.03. The molecule has 0 aromatic heterocycles. The topological polar surface area (TPSA) is 90.8 Å². The van der Waals surface area contributed by atoms with Crippen molar-refractivity contribution in [3.8, 4) is 0 Å². The van der Waals surface area contributed by atoms with E-state index in [9.17, 15) is 45.4 Å². The molecule has 0 saturated heterocycles. The van der Waals surface area contributed by atoms with E-state index < -0.39 is 41.6 Å². The maximum absolute atomic E-state index is 13.5. The predicted molar refractivity (Wildman–Crippen MR) is 103 cm³/mol. The van der Waals surface area contributed by atoms with Gasteiger partial charge in [0.05, 0.1) is 5.71 Å². The molecule has 6 nitrogen and oxygen atoms in total. The van der Waals surface area contributed by atoms with Crippen molar-refractivity contribution in [2.75, 3.05) is 5.32 Å². The van der Waals surface area contributed by atoms with Crippen molar-refractivity contribution in [2.24, 2.45) is 5.10 Å². The maximum Gasteiger partial charge on any atom is 0.460 e. The number of carbonyl (C=O) groups excluding carboxylic acids is 2. The summed E-state index contributed by atoms with van der Waals surface area (Å²) >= 11 is 0. The lowest BCUT2D eigenvalue weighted by Gasteiger charge is -2.27. The number of benzene rings is 2. The highest BCUT2D eigenvalue weighted by molar-refractivity contribution is 6.02. The van der Waals surface area contributed by atoms with E-state index in [0.717, 1.165) is 12.1 Å². The highest BCUT2D eigenvalue weighted by atomic mass is 19.4. The second kappa shape index (κ2) is 9.57. The number of halogens is 7. The van der Waals surface area contributed by atoms with Crippen LogP contribution in [0.25, 0.3) is 0 Å². The number of amides is 2. The van der Waals surface area contributed by atoms with Gasteiger partial charge in [0.1, 0.15) is 0 Å². The molecule has 13 heteroatoms. The van der Waals surface area contributed by atoms with Crippen molar-refractivity contribution in [3.05, 3.63) is 65.7 Å². The number of hydrazone groups is 1. The van der Waals surface area contributed by atoms with Gasteiger partial charge in [0.15, 0.2) is 6.10 Å². The highest BCUT2D eigenvalue weighted by Crippen LogP contribution is 2.46. The molecule has 0 bridgehead atoms. The Morgan fingerprint density at radius 2 is 1.55 bits per heavy atom. The van der Waals surface area contributed by atoms with Crippen LogP contribution in [0.2, 0.25) is 0 Å². The zero-order valence-electron chi connectivity index (χ0n) is 16.6. The third-order valence-corrected chi connectivity index (χ3v) is 4.27. The quantitative estimate of drug-likeness (QED) is 0.318. The van der Waals surface area contributed by atoms with Crippen molar-refractivity contribution in [2.45, 2.75) is 31.0 Å². The molecular weight excluding hydrogens is 463 g/mol. The number of aliphatic hydroxyl groups excluding tert-OH is 1. The molecule has 0 saturated carbocycles. The number of hydrogen-bond acceptors (Lipinski definition) is 4. The second-order valence-corrected chi connectivity index (χ2v) is 6.67. The molecule has 0 aliphatic carbocycles. The number of alkyl halides is 7. The molecule has 0 heterocycles. The molecule has 1 unspecified atom stereocenters. The van der Waals surface area contributed by atoms with Crippen LogP contribution in [0.5, 0.6) is 0 Å². The summed E-state index contributed by atoms with van der Waals surface area (Å²) in [5.41, 5.74) is 1.95. The summed E-state index contributed by atoms with van der Waals surface area (Å²) < 4.78 is 89.7. The van der Waals surface area contributed by atoms with Crippen LogP contribution in [0.4, 0.5) is 36.4 Å². The van der Waals surface area contributed by atoms with Crippen LogP contribution in [0, 0.1) is 0 Å². The summed E-state index contributed by atoms with van der Waals surface area (Å²) in [5.74, 6) is -16.4. The standard InChI is InChI=1S/C20H16F7N3O3/c1-11(29-30-16(32)15(31)12-6-3-2-4-7-12)13-8-5-9-14(10-13)28-17(33)18(21,22)19(23,24)20(25,26)27/h2-10,15,31H,1H3,(H,28,33)(H,30,32)/b29-11+. The number of nitrogens with zero attached hydrogens (tertiary/aromatic N) is 1. The van der Waals surface area contributed by atoms with E-state index in [0.29, 0.717) is 0 Å². The van der Waals surface area contributed by atoms with Crippen molar-refractivity contribution in [1.29, 1.82) is 0 Å². The van der Waals surface area contributed by atoms with E-state index in [2.05, 4.69) is 10.5 Å². The first-order valence-electron chi connectivity index (χ1n) is 9.00. The van der Waals surface area contributed by atoms with Crippen molar-refractivity contribution >= 4 is 23.2 Å². The van der Waals surface area contributed by atoms with Crippen molar-refractivity contribution in [3.63, 3.8) is 0 Å². The van der Waals surface area contributed by atoms with Crippen LogP contribution in [0.1, 0.15) is 24.2 Å². The molecule has 1 atom stereocenters. The third kappa shape index (κ3) is 5.66. The molecule has 3 N–H and O–H groups in total. The third-order valence-electron chi connectivity index (χ3n) is 4.27. The summed E-state index contributed by atoms with van der Waals surface area (Å²) in [6.45, 7) is 1.34. The van der Waals surface area contributed by atoms with E-state index >= 15 is 0 Å². The lowest BCUT2D eigenvalue weighted by Crippen LogP contribution is -2.57. The van der Waals surface area contributed by atoms with E-state index in [1.807, 2.05) is 0 Å². The molecule has 0 aliphatic heterocycles. The molecule has 33 heavy (non-hydrogen) atoms. The first kappa shape index (κ1) is 25.8. The highest BCUT2D eigenvalue weighted by Gasteiger charge is 2.76. The van der Waals surface area contributed by atoms with Crippen LogP contribution < -0.4 is 10.7 Å². The average Bonchev–Trinajstić information content (AvgIpc) is 2.76. The summed E-state index contributed by atoms with van der Waals surface area (Å²) in [5, 5.41) is 15.0. The smallest absolute Gasteiger partial charge is 0.378 e. The molecule has 2 aromatic rings. The van der Waals surface area contributed by atoms with Crippen LogP contribution in [-0.4, -0.2) is 40.7 Å². The average molecular weight is 479 g/mol. The number of anilines is 1. The zero-order valence-corrected chi connectivity index (χ0v) is 16.6. The Kier molecular flexibility index (Phi) is 7.47. The minimum absolute atomic E-state index is 0.0343. The number of hydrogen-bond donors (Lipinski definition) is 3. The van der Waals surface area contributed by atoms with Gasteiger partial charge >= 0.3 is 23.9 Å². The van der Waals surface area contributed by atoms with Gasteiger partial charge in [0.2, 0.25) is 0 Å². The lowest BCUT2D eigenvalue weighted by molar-refractivity contribution is -0.343. The monoisotopic (exact) mass is 479 g/mol. The molecule has 0 aliphatic rings. The fourth-order valence-corrected chi connectivity index (χ4v) is 2.40. The molecule has 2 amide bonds. The van der Waals surface area contributed by atoms with Gasteiger partial charge < -0.3 is 10.4 Å². The summed E-state index contributed by atoms with van der Waals surface area (Å²) in [7, 11) is 0. The fraction of sp³-hybridized carbons (Fsp3) is 0.250. The summed E-state index contributed by atoms with van der Waals surface area (Å²) in [4.78, 5) is 23.5. The van der Waals surface area contributed by atoms with E-state index in [1.54, 1.807) is 18.2 Å². The largest absolute Gasteiger partial charge is 0.460 e. The molecule has 0 radical (unpaired) electrons. The van der Waals surface area contributed by atoms with E-state index in [-0.39, 0.29) is 16.8 Å². The van der Waals surface area contributed by atoms with Crippen LogP contribution >= 0.6 is 0 Å². The minimum Gasteiger partial charge on any atom is -0.378 e. The lowest BCUT2D eigenvalue weighted by atomic mass is 10.1. The Hall–Kier alpha value is -3.48. The Morgan fingerprint density at radius 1 is 0.939 bits per heavy atom. The fourth-order valence-electron chi connectivity index (χ4n) is 2.40. The molecule has 2 rings (SSSR count). The molecule has 178 valence electrons. The SMILES string of the molecule is C/C(=N\NC(=O)C(O)c1ccccc1)c1cccc(NC(=O)C(F)(F)C(F)(F)C(F)(F)F)c1. The van der Waals surface area contributed by atoms with E-state index in [4.69, 9.17) is 0 Å². The second-order valence-electron chi connectivity index (χ2n) is 6.67. The maximum atomic E-state index is 13.5. The first-order valence-corrected chi connectivity index (χ1v) is 9.00. The number of nitrogens with one attached hydrogen (secondary N) is 2. The summed E-state index contributed by atoms with van der Waals surface area (Å²) in [6, 6.07) is 12.3. The van der Waals surface area contributed by atoms with Gasteiger partial charge in [-0.05, 0) is 30.2 Å². The minimum atomic E-state index is -6.65. The van der Waals surface area contributed by atoms with Crippen molar-refractivity contribution in [1.82, 2.24) is 5.43 Å². The Bertz CT molecular complexity index is 1040. The summed E-state index contributed by atoms with van der Waals surface area (Å²) in [6.07, 6.45) is -8.20. The molecule has 0 spiro atoms.